The van der Waals surface area contributed by atoms with Gasteiger partial charge in [0.25, 0.3) is 5.91 Å². The molecule has 0 aromatic rings. The van der Waals surface area contributed by atoms with Crippen LogP contribution in [0.4, 0.5) is 0 Å². The number of hydrogen-bond donors (Lipinski definition) is 0. The lowest BCUT2D eigenvalue weighted by molar-refractivity contribution is -0.140. The standard InChI is InChI=1S/C9H17N3O3S/c1-4-11-9(13)8(10-2)6-5-7-12(11)16(3,14)15/h8H,2,4-7H2,1,3H3. The van der Waals surface area contributed by atoms with Crippen molar-refractivity contribution in [2.45, 2.75) is 25.8 Å². The van der Waals surface area contributed by atoms with Crippen LogP contribution in [-0.2, 0) is 14.8 Å². The van der Waals surface area contributed by atoms with Crippen molar-refractivity contribution < 1.29 is 13.2 Å². The zero-order valence-corrected chi connectivity index (χ0v) is 10.4. The SMILES string of the molecule is C=NC1CCCN(S(C)(=O)=O)N(CC)C1=O. The van der Waals surface area contributed by atoms with Crippen LogP contribution in [0, 0.1) is 0 Å². The Kier molecular flexibility index (Phi) is 4.03. The largest absolute Gasteiger partial charge is 0.288 e. The lowest BCUT2D eigenvalue weighted by Crippen LogP contribution is -2.50. The summed E-state index contributed by atoms with van der Waals surface area (Å²) >= 11 is 0. The lowest BCUT2D eigenvalue weighted by atomic mass is 10.1. The van der Waals surface area contributed by atoms with Crippen LogP contribution in [0.1, 0.15) is 19.8 Å². The molecular formula is C9H17N3O3S. The molecule has 0 aliphatic carbocycles. The van der Waals surface area contributed by atoms with E-state index in [9.17, 15) is 13.2 Å². The average Bonchev–Trinajstić information content (AvgIpc) is 2.36. The summed E-state index contributed by atoms with van der Waals surface area (Å²) in [6.07, 6.45) is 2.26. The fourth-order valence-corrected chi connectivity index (χ4v) is 2.79. The van der Waals surface area contributed by atoms with Gasteiger partial charge in [-0.25, -0.2) is 8.42 Å². The van der Waals surface area contributed by atoms with Crippen LogP contribution >= 0.6 is 0 Å². The van der Waals surface area contributed by atoms with Gasteiger partial charge >= 0.3 is 0 Å². The molecule has 92 valence electrons. The topological polar surface area (TPSA) is 70.1 Å². The first-order chi connectivity index (χ1) is 7.41. The van der Waals surface area contributed by atoms with Gasteiger partial charge in [-0.2, -0.15) is 0 Å². The molecule has 1 unspecified atom stereocenters. The number of aliphatic imine (C=N–C) groups is 1. The molecule has 0 bridgehead atoms. The third kappa shape index (κ3) is 2.59. The Hall–Kier alpha value is -0.950. The molecule has 1 aliphatic rings. The molecule has 0 N–H and O–H groups in total. The highest BCUT2D eigenvalue weighted by Crippen LogP contribution is 2.17. The molecule has 7 heteroatoms. The van der Waals surface area contributed by atoms with E-state index in [4.69, 9.17) is 0 Å². The van der Waals surface area contributed by atoms with Gasteiger partial charge in [0.15, 0.2) is 0 Å². The van der Waals surface area contributed by atoms with Crippen LogP contribution in [0.2, 0.25) is 0 Å². The Labute approximate surface area is 96.0 Å². The van der Waals surface area contributed by atoms with Crippen molar-refractivity contribution in [3.05, 3.63) is 0 Å². The van der Waals surface area contributed by atoms with Gasteiger partial charge in [-0.15, -0.1) is 4.41 Å². The van der Waals surface area contributed by atoms with E-state index in [1.165, 1.54) is 5.01 Å². The van der Waals surface area contributed by atoms with E-state index in [2.05, 4.69) is 11.7 Å². The molecule has 1 atom stereocenters. The van der Waals surface area contributed by atoms with E-state index in [1.807, 2.05) is 0 Å². The van der Waals surface area contributed by atoms with Crippen LogP contribution in [0.3, 0.4) is 0 Å². The second-order valence-corrected chi connectivity index (χ2v) is 5.59. The maximum atomic E-state index is 12.0. The van der Waals surface area contributed by atoms with Gasteiger partial charge in [-0.05, 0) is 26.5 Å². The molecule has 1 rings (SSSR count). The van der Waals surface area contributed by atoms with Crippen molar-refractivity contribution in [1.82, 2.24) is 9.42 Å². The van der Waals surface area contributed by atoms with Crippen LogP contribution < -0.4 is 0 Å². The number of likely N-dealkylation sites (N-methyl/N-ethyl adjacent to an activating group) is 1. The van der Waals surface area contributed by atoms with Gasteiger partial charge in [0, 0.05) is 13.1 Å². The fourth-order valence-electron chi connectivity index (χ4n) is 1.77. The molecule has 1 heterocycles. The van der Waals surface area contributed by atoms with Gasteiger partial charge in [-0.3, -0.25) is 14.8 Å². The van der Waals surface area contributed by atoms with E-state index in [-0.39, 0.29) is 5.91 Å². The summed E-state index contributed by atoms with van der Waals surface area (Å²) in [6, 6.07) is -0.522. The minimum atomic E-state index is -3.40. The quantitative estimate of drug-likeness (QED) is 0.653. The first-order valence-electron chi connectivity index (χ1n) is 5.16. The number of hydrogen-bond acceptors (Lipinski definition) is 4. The normalized spacial score (nSPS) is 24.2. The number of sulfonamides is 1. The Balaban J connectivity index is 3.05. The van der Waals surface area contributed by atoms with Gasteiger partial charge in [0.05, 0.1) is 6.26 Å². The van der Waals surface area contributed by atoms with Crippen molar-refractivity contribution >= 4 is 22.6 Å². The van der Waals surface area contributed by atoms with Crippen molar-refractivity contribution in [3.8, 4) is 0 Å². The van der Waals surface area contributed by atoms with Crippen LogP contribution in [0.5, 0.6) is 0 Å². The smallest absolute Gasteiger partial charge is 0.262 e. The van der Waals surface area contributed by atoms with Crippen molar-refractivity contribution in [1.29, 1.82) is 0 Å². The molecular weight excluding hydrogens is 230 g/mol. The summed E-state index contributed by atoms with van der Waals surface area (Å²) in [5.41, 5.74) is 0. The number of carbonyl (C=O) groups excluding carboxylic acids is 1. The number of hydrazine groups is 1. The summed E-state index contributed by atoms with van der Waals surface area (Å²) in [4.78, 5) is 15.7. The summed E-state index contributed by atoms with van der Waals surface area (Å²) in [5, 5.41) is 1.24. The maximum absolute atomic E-state index is 12.0. The molecule has 1 amide bonds. The predicted octanol–water partition coefficient (Wildman–Crippen LogP) is -0.125. The van der Waals surface area contributed by atoms with Gasteiger partial charge in [-0.1, -0.05) is 0 Å². The van der Waals surface area contributed by atoms with Crippen LogP contribution in [0.25, 0.3) is 0 Å². The highest BCUT2D eigenvalue weighted by Gasteiger charge is 2.34. The number of amides is 1. The predicted molar refractivity (Wildman–Crippen MR) is 61.5 cm³/mol. The molecule has 1 aliphatic heterocycles. The molecule has 0 aromatic carbocycles. The highest BCUT2D eigenvalue weighted by molar-refractivity contribution is 7.88. The van der Waals surface area contributed by atoms with Crippen LogP contribution in [-0.4, -0.2) is 55.9 Å². The summed E-state index contributed by atoms with van der Waals surface area (Å²) < 4.78 is 24.2. The maximum Gasteiger partial charge on any atom is 0.262 e. The minimum Gasteiger partial charge on any atom is -0.288 e. The first kappa shape index (κ1) is 13.1. The van der Waals surface area contributed by atoms with Gasteiger partial charge in [0.1, 0.15) is 6.04 Å². The summed E-state index contributed by atoms with van der Waals surface area (Å²) in [6.45, 7) is 5.75. The summed E-state index contributed by atoms with van der Waals surface area (Å²) in [5.74, 6) is -0.291. The number of nitrogens with zero attached hydrogens (tertiary/aromatic N) is 3. The molecule has 0 aromatic heterocycles. The third-order valence-electron chi connectivity index (χ3n) is 2.54. The highest BCUT2D eigenvalue weighted by atomic mass is 32.2. The third-order valence-corrected chi connectivity index (χ3v) is 3.68. The number of rotatable bonds is 3. The average molecular weight is 247 g/mol. The molecule has 0 spiro atoms. The molecule has 1 fully saturated rings. The van der Waals surface area contributed by atoms with Crippen molar-refractivity contribution in [2.75, 3.05) is 19.3 Å². The Morgan fingerprint density at radius 1 is 1.56 bits per heavy atom. The molecule has 1 saturated heterocycles. The zero-order valence-electron chi connectivity index (χ0n) is 9.59. The molecule has 16 heavy (non-hydrogen) atoms. The minimum absolute atomic E-state index is 0.291. The van der Waals surface area contributed by atoms with Gasteiger partial charge in [0.2, 0.25) is 10.0 Å². The second kappa shape index (κ2) is 4.92. The fraction of sp³-hybridized carbons (Fsp3) is 0.778. The second-order valence-electron chi connectivity index (χ2n) is 3.70. The monoisotopic (exact) mass is 247 g/mol. The van der Waals surface area contributed by atoms with Crippen LogP contribution in [0.15, 0.2) is 4.99 Å². The Morgan fingerprint density at radius 3 is 2.62 bits per heavy atom. The Morgan fingerprint density at radius 2 is 2.19 bits per heavy atom. The molecule has 0 radical (unpaired) electrons. The number of carbonyl (C=O) groups is 1. The van der Waals surface area contributed by atoms with Gasteiger partial charge < -0.3 is 0 Å². The molecule has 0 saturated carbocycles. The van der Waals surface area contributed by atoms with E-state index < -0.39 is 16.1 Å². The van der Waals surface area contributed by atoms with Crippen molar-refractivity contribution in [3.63, 3.8) is 0 Å². The van der Waals surface area contributed by atoms with E-state index in [1.54, 1.807) is 6.92 Å². The van der Waals surface area contributed by atoms with E-state index in [0.717, 1.165) is 10.7 Å². The van der Waals surface area contributed by atoms with E-state index in [0.29, 0.717) is 25.9 Å². The molecule has 6 nitrogen and oxygen atoms in total. The lowest BCUT2D eigenvalue weighted by Gasteiger charge is -2.30. The zero-order chi connectivity index (χ0) is 12.3. The first-order valence-corrected chi connectivity index (χ1v) is 7.01. The summed E-state index contributed by atoms with van der Waals surface area (Å²) in [7, 11) is -3.40. The Bertz CT molecular complexity index is 379. The van der Waals surface area contributed by atoms with E-state index >= 15 is 0 Å². The van der Waals surface area contributed by atoms with Crippen molar-refractivity contribution in [2.24, 2.45) is 4.99 Å².